The lowest BCUT2D eigenvalue weighted by Crippen LogP contribution is -2.45. The summed E-state index contributed by atoms with van der Waals surface area (Å²) in [6.45, 7) is 4.08. The van der Waals surface area contributed by atoms with Crippen molar-refractivity contribution < 1.29 is 14.7 Å². The van der Waals surface area contributed by atoms with Crippen LogP contribution in [0.25, 0.3) is 0 Å². The summed E-state index contributed by atoms with van der Waals surface area (Å²) in [5, 5.41) is 14.6. The molecule has 0 spiro atoms. The van der Waals surface area contributed by atoms with Gasteiger partial charge in [-0.2, -0.15) is 0 Å². The molecule has 98 valence electrons. The fraction of sp³-hybridized carbons (Fsp3) is 0.417. The first kappa shape index (κ1) is 14.0. The molecule has 18 heavy (non-hydrogen) atoms. The summed E-state index contributed by atoms with van der Waals surface area (Å²) < 4.78 is 0. The highest BCUT2D eigenvalue weighted by molar-refractivity contribution is 5.97. The summed E-state index contributed by atoms with van der Waals surface area (Å²) in [6.07, 6.45) is 2.23. The zero-order valence-electron chi connectivity index (χ0n) is 10.4. The molecule has 0 radical (unpaired) electrons. The molecule has 0 aliphatic heterocycles. The van der Waals surface area contributed by atoms with Crippen molar-refractivity contribution in [1.29, 1.82) is 0 Å². The van der Waals surface area contributed by atoms with Crippen molar-refractivity contribution in [3.8, 4) is 5.75 Å². The lowest BCUT2D eigenvalue weighted by molar-refractivity contribution is -0.122. The minimum atomic E-state index is -0.676. The van der Waals surface area contributed by atoms with Crippen molar-refractivity contribution >= 4 is 11.8 Å². The lowest BCUT2D eigenvalue weighted by atomic mass is 10.2. The zero-order valence-corrected chi connectivity index (χ0v) is 10.4. The number of rotatable bonds is 5. The van der Waals surface area contributed by atoms with E-state index in [4.69, 9.17) is 0 Å². The van der Waals surface area contributed by atoms with Gasteiger partial charge in [-0.25, -0.2) is 4.98 Å². The van der Waals surface area contributed by atoms with Crippen LogP contribution in [0.1, 0.15) is 30.8 Å². The minimum absolute atomic E-state index is 0.0901. The van der Waals surface area contributed by atoms with Crippen molar-refractivity contribution in [2.24, 2.45) is 0 Å². The van der Waals surface area contributed by atoms with Gasteiger partial charge in [0.05, 0.1) is 0 Å². The molecule has 3 N–H and O–H groups in total. The van der Waals surface area contributed by atoms with Crippen LogP contribution in [0.4, 0.5) is 0 Å². The van der Waals surface area contributed by atoms with Crippen LogP contribution in [0, 0.1) is 0 Å². The molecule has 0 aliphatic rings. The van der Waals surface area contributed by atoms with E-state index >= 15 is 0 Å². The van der Waals surface area contributed by atoms with Gasteiger partial charge in [0.1, 0.15) is 11.8 Å². The molecule has 1 heterocycles. The smallest absolute Gasteiger partial charge is 0.274 e. The second-order valence-corrected chi connectivity index (χ2v) is 3.86. The van der Waals surface area contributed by atoms with Crippen LogP contribution in [0.3, 0.4) is 0 Å². The first-order valence-corrected chi connectivity index (χ1v) is 5.78. The molecule has 1 unspecified atom stereocenters. The van der Waals surface area contributed by atoms with Crippen LogP contribution in [-0.4, -0.2) is 34.5 Å². The highest BCUT2D eigenvalue weighted by atomic mass is 16.3. The van der Waals surface area contributed by atoms with Crippen LogP contribution in [0.5, 0.6) is 5.75 Å². The SMILES string of the molecule is CCCNC(=O)C(C)NC(=O)c1ncccc1O. The Balaban J connectivity index is 2.60. The van der Waals surface area contributed by atoms with E-state index in [0.29, 0.717) is 6.54 Å². The average molecular weight is 251 g/mol. The van der Waals surface area contributed by atoms with E-state index in [-0.39, 0.29) is 17.4 Å². The molecule has 0 aliphatic carbocycles. The van der Waals surface area contributed by atoms with E-state index in [2.05, 4.69) is 15.6 Å². The number of nitrogens with one attached hydrogen (secondary N) is 2. The quantitative estimate of drug-likeness (QED) is 0.707. The zero-order chi connectivity index (χ0) is 13.5. The summed E-state index contributed by atoms with van der Waals surface area (Å²) in [5.41, 5.74) is -0.0901. The molecule has 1 aromatic rings. The topological polar surface area (TPSA) is 91.3 Å². The molecule has 0 bridgehead atoms. The second-order valence-electron chi connectivity index (χ2n) is 3.86. The Kier molecular flexibility index (Phi) is 5.10. The van der Waals surface area contributed by atoms with Crippen LogP contribution in [0.15, 0.2) is 18.3 Å². The molecular weight excluding hydrogens is 234 g/mol. The molecular formula is C12H17N3O3. The predicted molar refractivity (Wildman–Crippen MR) is 66.1 cm³/mol. The van der Waals surface area contributed by atoms with Crippen molar-refractivity contribution in [3.63, 3.8) is 0 Å². The van der Waals surface area contributed by atoms with E-state index in [9.17, 15) is 14.7 Å². The van der Waals surface area contributed by atoms with E-state index < -0.39 is 11.9 Å². The summed E-state index contributed by atoms with van der Waals surface area (Å²) in [5.74, 6) is -1.05. The monoisotopic (exact) mass is 251 g/mol. The maximum atomic E-state index is 11.7. The Bertz CT molecular complexity index is 434. The normalized spacial score (nSPS) is 11.7. The summed E-state index contributed by atoms with van der Waals surface area (Å²) in [6, 6.07) is 2.21. The van der Waals surface area contributed by atoms with Crippen LogP contribution in [-0.2, 0) is 4.79 Å². The highest BCUT2D eigenvalue weighted by Gasteiger charge is 2.18. The molecule has 1 atom stereocenters. The minimum Gasteiger partial charge on any atom is -0.505 e. The van der Waals surface area contributed by atoms with Crippen molar-refractivity contribution in [2.45, 2.75) is 26.3 Å². The van der Waals surface area contributed by atoms with Gasteiger partial charge in [0.2, 0.25) is 5.91 Å². The summed E-state index contributed by atoms with van der Waals surface area (Å²) in [4.78, 5) is 27.0. The van der Waals surface area contributed by atoms with Gasteiger partial charge in [0, 0.05) is 12.7 Å². The number of nitrogens with zero attached hydrogens (tertiary/aromatic N) is 1. The van der Waals surface area contributed by atoms with E-state index in [1.807, 2.05) is 6.92 Å². The highest BCUT2D eigenvalue weighted by Crippen LogP contribution is 2.12. The van der Waals surface area contributed by atoms with Gasteiger partial charge in [-0.1, -0.05) is 6.92 Å². The molecule has 6 nitrogen and oxygen atoms in total. The number of hydrogen-bond donors (Lipinski definition) is 3. The number of hydrogen-bond acceptors (Lipinski definition) is 4. The summed E-state index contributed by atoms with van der Waals surface area (Å²) >= 11 is 0. The van der Waals surface area contributed by atoms with Crippen molar-refractivity contribution in [2.75, 3.05) is 6.54 Å². The molecule has 0 fully saturated rings. The average Bonchev–Trinajstić information content (AvgIpc) is 2.36. The number of aromatic nitrogens is 1. The van der Waals surface area contributed by atoms with Gasteiger partial charge >= 0.3 is 0 Å². The van der Waals surface area contributed by atoms with Gasteiger partial charge < -0.3 is 15.7 Å². The van der Waals surface area contributed by atoms with Crippen LogP contribution in [0.2, 0.25) is 0 Å². The Hall–Kier alpha value is -2.11. The largest absolute Gasteiger partial charge is 0.505 e. The van der Waals surface area contributed by atoms with E-state index in [1.165, 1.54) is 18.3 Å². The third-order valence-electron chi connectivity index (χ3n) is 2.29. The molecule has 6 heteroatoms. The van der Waals surface area contributed by atoms with Crippen LogP contribution < -0.4 is 10.6 Å². The number of aromatic hydroxyl groups is 1. The maximum Gasteiger partial charge on any atom is 0.274 e. The van der Waals surface area contributed by atoms with Gasteiger partial charge in [0.15, 0.2) is 5.69 Å². The number of carbonyl (C=O) groups excluding carboxylic acids is 2. The lowest BCUT2D eigenvalue weighted by Gasteiger charge is -2.13. The molecule has 0 aromatic carbocycles. The van der Waals surface area contributed by atoms with Gasteiger partial charge in [-0.3, -0.25) is 9.59 Å². The number of carbonyl (C=O) groups is 2. The molecule has 1 aromatic heterocycles. The number of pyridine rings is 1. The Morgan fingerprint density at radius 2 is 2.22 bits per heavy atom. The molecule has 2 amide bonds. The van der Waals surface area contributed by atoms with Gasteiger partial charge in [-0.15, -0.1) is 0 Å². The fourth-order valence-electron chi connectivity index (χ4n) is 1.30. The van der Waals surface area contributed by atoms with Crippen molar-refractivity contribution in [3.05, 3.63) is 24.0 Å². The second kappa shape index (κ2) is 6.58. The standard InChI is InChI=1S/C12H17N3O3/c1-3-6-14-11(17)8(2)15-12(18)10-9(16)5-4-7-13-10/h4-5,7-8,16H,3,6H2,1-2H3,(H,14,17)(H,15,18). The third kappa shape index (κ3) is 3.73. The van der Waals surface area contributed by atoms with E-state index in [0.717, 1.165) is 6.42 Å². The summed E-state index contributed by atoms with van der Waals surface area (Å²) in [7, 11) is 0. The predicted octanol–water partition coefficient (Wildman–Crippen LogP) is 0.432. The first-order valence-electron chi connectivity index (χ1n) is 5.78. The fourth-order valence-corrected chi connectivity index (χ4v) is 1.30. The Morgan fingerprint density at radius 1 is 1.50 bits per heavy atom. The molecule has 0 saturated heterocycles. The molecule has 0 saturated carbocycles. The van der Waals surface area contributed by atoms with Crippen molar-refractivity contribution in [1.82, 2.24) is 15.6 Å². The Labute approximate surface area is 105 Å². The molecule has 1 rings (SSSR count). The van der Waals surface area contributed by atoms with E-state index in [1.54, 1.807) is 6.92 Å². The third-order valence-corrected chi connectivity index (χ3v) is 2.29. The maximum absolute atomic E-state index is 11.7. The van der Waals surface area contributed by atoms with Gasteiger partial charge in [0.25, 0.3) is 5.91 Å². The van der Waals surface area contributed by atoms with Gasteiger partial charge in [-0.05, 0) is 25.5 Å². The Morgan fingerprint density at radius 3 is 2.83 bits per heavy atom. The first-order chi connectivity index (χ1) is 8.56. The van der Waals surface area contributed by atoms with Crippen LogP contribution >= 0.6 is 0 Å². The number of amides is 2.